The number of hydrogen-bond donors (Lipinski definition) is 1. The van der Waals surface area contributed by atoms with Crippen molar-refractivity contribution in [2.75, 3.05) is 57.9 Å². The Morgan fingerprint density at radius 3 is 2.35 bits per heavy atom. The number of benzene rings is 1. The van der Waals surface area contributed by atoms with Crippen LogP contribution in [-0.4, -0.2) is 109 Å². The number of pyridine rings is 1. The molecule has 3 amide bonds. The van der Waals surface area contributed by atoms with Crippen LogP contribution >= 0.6 is 0 Å². The van der Waals surface area contributed by atoms with Crippen LogP contribution < -0.4 is 10.2 Å². The van der Waals surface area contributed by atoms with Gasteiger partial charge in [0, 0.05) is 58.4 Å². The monoisotopic (exact) mass is 669 g/mol. The van der Waals surface area contributed by atoms with Gasteiger partial charge in [-0.1, -0.05) is 43.7 Å². The normalized spacial score (nSPS) is 17.2. The zero-order chi connectivity index (χ0) is 34.8. The number of rotatable bonds is 12. The third kappa shape index (κ3) is 9.88. The van der Waals surface area contributed by atoms with Crippen LogP contribution in [0, 0.1) is 5.82 Å². The van der Waals surface area contributed by atoms with Crippen LogP contribution in [0.2, 0.25) is 0 Å². The van der Waals surface area contributed by atoms with E-state index in [1.165, 1.54) is 6.07 Å². The third-order valence-corrected chi connectivity index (χ3v) is 8.27. The van der Waals surface area contributed by atoms with Crippen LogP contribution in [0.5, 0.6) is 0 Å². The lowest BCUT2D eigenvalue weighted by molar-refractivity contribution is -0.155. The predicted octanol–water partition coefficient (Wildman–Crippen LogP) is 4.41. The van der Waals surface area contributed by atoms with Crippen LogP contribution in [0.25, 0.3) is 11.3 Å². The molecule has 1 aromatic heterocycles. The molecule has 48 heavy (non-hydrogen) atoms. The largest absolute Gasteiger partial charge is 0.460 e. The van der Waals surface area contributed by atoms with Crippen molar-refractivity contribution in [3.8, 4) is 11.3 Å². The highest BCUT2D eigenvalue weighted by Gasteiger charge is 2.33. The summed E-state index contributed by atoms with van der Waals surface area (Å²) in [7, 11) is 1.61. The first kappa shape index (κ1) is 36.6. The van der Waals surface area contributed by atoms with Crippen molar-refractivity contribution in [2.45, 2.75) is 77.5 Å². The second-order valence-corrected chi connectivity index (χ2v) is 13.1. The van der Waals surface area contributed by atoms with Gasteiger partial charge in [0.1, 0.15) is 23.0 Å². The topological polar surface area (TPSA) is 131 Å². The van der Waals surface area contributed by atoms with E-state index in [0.717, 1.165) is 12.8 Å². The standard InChI is InChI=1S/C35H48FN5O7/c1-6-7-21-47-34(45)40-19-17-39(18-20-40)33(44)26(13-14-29(42)48-35(2,3)4)38-32(43)27-22-28(41-16-15-25(23-41)46-5)30(36)31(37-27)24-11-9-8-10-12-24/h8-12,22,25-26H,6-7,13-21,23H2,1-5H3,(H,38,43)/t25-,26?/m0/s1. The highest BCUT2D eigenvalue weighted by atomic mass is 19.1. The van der Waals surface area contributed by atoms with Gasteiger partial charge in [-0.25, -0.2) is 14.2 Å². The summed E-state index contributed by atoms with van der Waals surface area (Å²) in [6.45, 7) is 9.57. The first-order chi connectivity index (χ1) is 22.9. The Kier molecular flexibility index (Phi) is 12.7. The van der Waals surface area contributed by atoms with Crippen molar-refractivity contribution >= 4 is 29.6 Å². The van der Waals surface area contributed by atoms with Gasteiger partial charge in [0.15, 0.2) is 5.82 Å². The molecule has 2 aromatic rings. The second kappa shape index (κ2) is 16.7. The molecule has 1 N–H and O–H groups in total. The van der Waals surface area contributed by atoms with E-state index in [-0.39, 0.29) is 62.2 Å². The van der Waals surface area contributed by atoms with Crippen molar-refractivity contribution in [3.63, 3.8) is 0 Å². The quantitative estimate of drug-likeness (QED) is 0.258. The summed E-state index contributed by atoms with van der Waals surface area (Å²) >= 11 is 0. The van der Waals surface area contributed by atoms with Gasteiger partial charge in [-0.05, 0) is 46.1 Å². The molecule has 2 saturated heterocycles. The molecule has 0 bridgehead atoms. The van der Waals surface area contributed by atoms with Gasteiger partial charge in [0.25, 0.3) is 5.91 Å². The van der Waals surface area contributed by atoms with Gasteiger partial charge >= 0.3 is 12.1 Å². The highest BCUT2D eigenvalue weighted by Crippen LogP contribution is 2.32. The number of halogens is 1. The number of nitrogens with zero attached hydrogens (tertiary/aromatic N) is 4. The van der Waals surface area contributed by atoms with Crippen LogP contribution in [0.1, 0.15) is 70.3 Å². The molecule has 2 atom stereocenters. The Labute approximate surface area is 281 Å². The summed E-state index contributed by atoms with van der Waals surface area (Å²) < 4.78 is 32.3. The fraction of sp³-hybridized carbons (Fsp3) is 0.571. The molecule has 2 fully saturated rings. The molecule has 0 spiro atoms. The van der Waals surface area contributed by atoms with Crippen molar-refractivity contribution in [2.24, 2.45) is 0 Å². The van der Waals surface area contributed by atoms with Crippen molar-refractivity contribution in [3.05, 3.63) is 47.9 Å². The number of unbranched alkanes of at least 4 members (excludes halogenated alkanes) is 1. The molecule has 2 aliphatic heterocycles. The van der Waals surface area contributed by atoms with E-state index in [1.807, 2.05) is 11.8 Å². The van der Waals surface area contributed by atoms with Crippen LogP contribution in [-0.2, 0) is 23.8 Å². The predicted molar refractivity (Wildman–Crippen MR) is 178 cm³/mol. The zero-order valence-corrected chi connectivity index (χ0v) is 28.6. The Hall–Kier alpha value is -4.26. The Morgan fingerprint density at radius 2 is 1.73 bits per heavy atom. The molecule has 0 aliphatic carbocycles. The molecule has 262 valence electrons. The first-order valence-corrected chi connectivity index (χ1v) is 16.7. The van der Waals surface area contributed by atoms with E-state index in [4.69, 9.17) is 14.2 Å². The Balaban J connectivity index is 1.56. The molecule has 0 saturated carbocycles. The average molecular weight is 670 g/mol. The van der Waals surface area contributed by atoms with E-state index in [1.54, 1.807) is 68.0 Å². The van der Waals surface area contributed by atoms with Crippen molar-refractivity contribution in [1.29, 1.82) is 0 Å². The Bertz CT molecular complexity index is 1430. The molecule has 2 aliphatic rings. The van der Waals surface area contributed by atoms with E-state index in [9.17, 15) is 19.2 Å². The molecule has 0 radical (unpaired) electrons. The number of carbonyl (C=O) groups is 4. The number of carbonyl (C=O) groups excluding carboxylic acids is 4. The van der Waals surface area contributed by atoms with Gasteiger partial charge in [-0.15, -0.1) is 0 Å². The summed E-state index contributed by atoms with van der Waals surface area (Å²) in [4.78, 5) is 62.2. The lowest BCUT2D eigenvalue weighted by atomic mass is 10.1. The third-order valence-electron chi connectivity index (χ3n) is 8.27. The van der Waals surface area contributed by atoms with E-state index in [2.05, 4.69) is 10.3 Å². The van der Waals surface area contributed by atoms with E-state index >= 15 is 4.39 Å². The summed E-state index contributed by atoms with van der Waals surface area (Å²) in [5.74, 6) is -2.15. The summed E-state index contributed by atoms with van der Waals surface area (Å²) in [6.07, 6.45) is 1.72. The van der Waals surface area contributed by atoms with Crippen molar-refractivity contribution in [1.82, 2.24) is 20.1 Å². The minimum atomic E-state index is -1.10. The minimum absolute atomic E-state index is 0.0118. The lowest BCUT2D eigenvalue weighted by Crippen LogP contribution is -2.56. The van der Waals surface area contributed by atoms with Gasteiger partial charge < -0.3 is 34.2 Å². The summed E-state index contributed by atoms with van der Waals surface area (Å²) in [5.41, 5.74) is -0.0654. The summed E-state index contributed by atoms with van der Waals surface area (Å²) in [6, 6.07) is 9.04. The van der Waals surface area contributed by atoms with Crippen LogP contribution in [0.15, 0.2) is 36.4 Å². The lowest BCUT2D eigenvalue weighted by Gasteiger charge is -2.36. The number of hydrogen-bond acceptors (Lipinski definition) is 9. The fourth-order valence-electron chi connectivity index (χ4n) is 5.66. The van der Waals surface area contributed by atoms with Gasteiger partial charge in [0.2, 0.25) is 5.91 Å². The van der Waals surface area contributed by atoms with E-state index < -0.39 is 41.3 Å². The minimum Gasteiger partial charge on any atom is -0.460 e. The van der Waals surface area contributed by atoms with Gasteiger partial charge in [0.05, 0.1) is 18.4 Å². The second-order valence-electron chi connectivity index (χ2n) is 13.1. The molecule has 3 heterocycles. The van der Waals surface area contributed by atoms with Gasteiger partial charge in [-0.3, -0.25) is 14.4 Å². The number of ether oxygens (including phenoxy) is 3. The number of amides is 3. The zero-order valence-electron chi connectivity index (χ0n) is 28.6. The number of piperazine rings is 1. The molecule has 1 unspecified atom stereocenters. The average Bonchev–Trinajstić information content (AvgIpc) is 3.55. The highest BCUT2D eigenvalue weighted by molar-refractivity contribution is 5.97. The molecule has 1 aromatic carbocycles. The summed E-state index contributed by atoms with van der Waals surface area (Å²) in [5, 5.41) is 2.78. The first-order valence-electron chi connectivity index (χ1n) is 16.7. The van der Waals surface area contributed by atoms with Crippen LogP contribution in [0.3, 0.4) is 0 Å². The number of methoxy groups -OCH3 is 1. The number of esters is 1. The maximum Gasteiger partial charge on any atom is 0.409 e. The number of anilines is 1. The SMILES string of the molecule is CCCCOC(=O)N1CCN(C(=O)C(CCC(=O)OC(C)(C)C)NC(=O)c2cc(N3CC[C@H](OC)C3)c(F)c(-c3ccccc3)n2)CC1. The van der Waals surface area contributed by atoms with Gasteiger partial charge in [-0.2, -0.15) is 0 Å². The molecule has 12 nitrogen and oxygen atoms in total. The maximum absolute atomic E-state index is 16.0. The van der Waals surface area contributed by atoms with Crippen molar-refractivity contribution < 1.29 is 37.8 Å². The van der Waals surface area contributed by atoms with Crippen LogP contribution in [0.4, 0.5) is 14.9 Å². The number of nitrogens with one attached hydrogen (secondary N) is 1. The fourth-order valence-corrected chi connectivity index (χ4v) is 5.66. The van der Waals surface area contributed by atoms with E-state index in [0.29, 0.717) is 31.7 Å². The molecule has 4 rings (SSSR count). The smallest absolute Gasteiger partial charge is 0.409 e. The molecule has 13 heteroatoms. The maximum atomic E-state index is 16.0. The molecular formula is C35H48FN5O7. The Morgan fingerprint density at radius 1 is 1.04 bits per heavy atom. The molecular weight excluding hydrogens is 621 g/mol. The number of aromatic nitrogens is 1.